The van der Waals surface area contributed by atoms with E-state index in [0.29, 0.717) is 22.8 Å². The summed E-state index contributed by atoms with van der Waals surface area (Å²) in [7, 11) is 0. The highest BCUT2D eigenvalue weighted by atomic mass is 35.5. The fourth-order valence-corrected chi connectivity index (χ4v) is 4.28. The summed E-state index contributed by atoms with van der Waals surface area (Å²) in [4.78, 5) is 25.3. The Hall–Kier alpha value is -3.49. The SMILES string of the molecule is O=c1cc(-c2ccnc(NC3CCOCC3)n2)ccn1C(c1ccc(Cl)c(F)c1)c1ccc[nH]1. The lowest BCUT2D eigenvalue weighted by atomic mass is 10.0. The Bertz CT molecular complexity index is 1340. The van der Waals surface area contributed by atoms with Gasteiger partial charge in [0.25, 0.3) is 5.56 Å². The molecule has 0 bridgehead atoms. The predicted molar refractivity (Wildman–Crippen MR) is 129 cm³/mol. The second-order valence-electron chi connectivity index (χ2n) is 8.16. The van der Waals surface area contributed by atoms with Crippen molar-refractivity contribution in [1.29, 1.82) is 0 Å². The minimum Gasteiger partial charge on any atom is -0.381 e. The molecule has 1 aromatic carbocycles. The van der Waals surface area contributed by atoms with Crippen LogP contribution in [0.3, 0.4) is 0 Å². The fraction of sp³-hybridized carbons (Fsp3) is 0.240. The van der Waals surface area contributed by atoms with Gasteiger partial charge in [-0.3, -0.25) is 4.79 Å². The van der Waals surface area contributed by atoms with Crippen LogP contribution in [0.25, 0.3) is 11.3 Å². The first-order valence-corrected chi connectivity index (χ1v) is 11.4. The third kappa shape index (κ3) is 4.73. The third-order valence-corrected chi connectivity index (χ3v) is 6.21. The minimum atomic E-state index is -0.542. The number of H-pyrrole nitrogens is 1. The Labute approximate surface area is 200 Å². The van der Waals surface area contributed by atoms with Gasteiger partial charge in [-0.15, -0.1) is 0 Å². The second-order valence-corrected chi connectivity index (χ2v) is 8.57. The average molecular weight is 480 g/mol. The van der Waals surface area contributed by atoms with E-state index >= 15 is 0 Å². The highest BCUT2D eigenvalue weighted by molar-refractivity contribution is 6.30. The molecule has 0 saturated carbocycles. The minimum absolute atomic E-state index is 0.0330. The lowest BCUT2D eigenvalue weighted by Gasteiger charge is -2.23. The number of aromatic amines is 1. The van der Waals surface area contributed by atoms with Crippen molar-refractivity contribution in [3.05, 3.63) is 99.6 Å². The third-order valence-electron chi connectivity index (χ3n) is 5.91. The van der Waals surface area contributed by atoms with E-state index in [1.54, 1.807) is 35.3 Å². The number of anilines is 1. The molecule has 0 aliphatic carbocycles. The first-order chi connectivity index (χ1) is 16.6. The molecule has 2 N–H and O–H groups in total. The van der Waals surface area contributed by atoms with Crippen molar-refractivity contribution < 1.29 is 9.13 Å². The van der Waals surface area contributed by atoms with Crippen molar-refractivity contribution in [2.24, 2.45) is 0 Å². The maximum absolute atomic E-state index is 14.2. The van der Waals surface area contributed by atoms with Crippen molar-refractivity contribution in [2.45, 2.75) is 24.9 Å². The molecule has 0 amide bonds. The van der Waals surface area contributed by atoms with Gasteiger partial charge in [-0.25, -0.2) is 14.4 Å². The zero-order valence-electron chi connectivity index (χ0n) is 18.2. The van der Waals surface area contributed by atoms with Gasteiger partial charge in [0.15, 0.2) is 0 Å². The molecule has 1 aliphatic heterocycles. The number of aromatic nitrogens is 4. The smallest absolute Gasteiger partial charge is 0.252 e. The number of ether oxygens (including phenoxy) is 1. The Morgan fingerprint density at radius 1 is 1.18 bits per heavy atom. The summed E-state index contributed by atoms with van der Waals surface area (Å²) in [6.07, 6.45) is 6.93. The average Bonchev–Trinajstić information content (AvgIpc) is 3.38. The lowest BCUT2D eigenvalue weighted by molar-refractivity contribution is 0.0903. The van der Waals surface area contributed by atoms with Crippen molar-refractivity contribution >= 4 is 17.5 Å². The molecule has 5 rings (SSSR count). The number of hydrogen-bond donors (Lipinski definition) is 2. The number of benzene rings is 1. The van der Waals surface area contributed by atoms with Crippen LogP contribution in [0, 0.1) is 5.82 Å². The molecule has 4 aromatic rings. The molecule has 174 valence electrons. The van der Waals surface area contributed by atoms with E-state index in [1.165, 1.54) is 18.2 Å². The van der Waals surface area contributed by atoms with Crippen LogP contribution in [0.2, 0.25) is 5.02 Å². The predicted octanol–water partition coefficient (Wildman–Crippen LogP) is 4.65. The van der Waals surface area contributed by atoms with Crippen LogP contribution in [0.1, 0.15) is 30.1 Å². The highest BCUT2D eigenvalue weighted by Crippen LogP contribution is 2.28. The van der Waals surface area contributed by atoms with E-state index in [1.807, 2.05) is 18.2 Å². The molecule has 7 nitrogen and oxygen atoms in total. The van der Waals surface area contributed by atoms with Gasteiger partial charge in [-0.05, 0) is 54.8 Å². The Balaban J connectivity index is 1.47. The van der Waals surface area contributed by atoms with E-state index in [9.17, 15) is 9.18 Å². The van der Waals surface area contributed by atoms with E-state index in [-0.39, 0.29) is 16.6 Å². The number of hydrogen-bond acceptors (Lipinski definition) is 5. The van der Waals surface area contributed by atoms with Crippen LogP contribution in [-0.2, 0) is 4.74 Å². The molecule has 0 radical (unpaired) electrons. The lowest BCUT2D eigenvalue weighted by Crippen LogP contribution is -2.28. The Morgan fingerprint density at radius 2 is 2.03 bits per heavy atom. The van der Waals surface area contributed by atoms with Gasteiger partial charge in [-0.1, -0.05) is 17.7 Å². The maximum Gasteiger partial charge on any atom is 0.252 e. The van der Waals surface area contributed by atoms with Crippen LogP contribution in [0.4, 0.5) is 10.3 Å². The molecule has 1 saturated heterocycles. The molecule has 1 fully saturated rings. The molecule has 0 spiro atoms. The summed E-state index contributed by atoms with van der Waals surface area (Å²) in [5.41, 5.74) is 2.42. The van der Waals surface area contributed by atoms with Gasteiger partial charge in [-0.2, -0.15) is 0 Å². The van der Waals surface area contributed by atoms with Gasteiger partial charge in [0.2, 0.25) is 5.95 Å². The van der Waals surface area contributed by atoms with Crippen molar-refractivity contribution in [1.82, 2.24) is 19.5 Å². The van der Waals surface area contributed by atoms with Crippen LogP contribution >= 0.6 is 11.6 Å². The summed E-state index contributed by atoms with van der Waals surface area (Å²) in [5.74, 6) is -0.0135. The first-order valence-electron chi connectivity index (χ1n) is 11.1. The normalized spacial score (nSPS) is 15.2. The maximum atomic E-state index is 14.2. The largest absolute Gasteiger partial charge is 0.381 e. The van der Waals surface area contributed by atoms with Crippen molar-refractivity contribution in [3.8, 4) is 11.3 Å². The van der Waals surface area contributed by atoms with Gasteiger partial charge in [0.1, 0.15) is 11.9 Å². The number of nitrogens with zero attached hydrogens (tertiary/aromatic N) is 3. The molecule has 1 unspecified atom stereocenters. The number of halogens is 2. The number of rotatable bonds is 6. The molecule has 1 atom stereocenters. The number of pyridine rings is 1. The molecular weight excluding hydrogens is 457 g/mol. The molecule has 1 aliphatic rings. The van der Waals surface area contributed by atoms with E-state index < -0.39 is 11.9 Å². The van der Waals surface area contributed by atoms with Gasteiger partial charge in [0.05, 0.1) is 10.7 Å². The number of nitrogens with one attached hydrogen (secondary N) is 2. The summed E-state index contributed by atoms with van der Waals surface area (Å²) in [6, 6.07) is 13.1. The van der Waals surface area contributed by atoms with Crippen LogP contribution in [0.15, 0.2) is 71.9 Å². The van der Waals surface area contributed by atoms with E-state index in [4.69, 9.17) is 16.3 Å². The highest BCUT2D eigenvalue weighted by Gasteiger charge is 2.20. The monoisotopic (exact) mass is 479 g/mol. The molecule has 9 heteroatoms. The van der Waals surface area contributed by atoms with Crippen molar-refractivity contribution in [3.63, 3.8) is 0 Å². The summed E-state index contributed by atoms with van der Waals surface area (Å²) in [6.45, 7) is 1.43. The fourth-order valence-electron chi connectivity index (χ4n) is 4.16. The van der Waals surface area contributed by atoms with E-state index in [0.717, 1.165) is 31.7 Å². The van der Waals surface area contributed by atoms with Crippen LogP contribution in [0.5, 0.6) is 0 Å². The Kier molecular flexibility index (Phi) is 6.42. The van der Waals surface area contributed by atoms with Crippen LogP contribution in [-0.4, -0.2) is 38.8 Å². The molecule has 34 heavy (non-hydrogen) atoms. The summed E-state index contributed by atoms with van der Waals surface area (Å²) in [5, 5.41) is 3.38. The van der Waals surface area contributed by atoms with Crippen molar-refractivity contribution in [2.75, 3.05) is 18.5 Å². The second kappa shape index (κ2) is 9.79. The Morgan fingerprint density at radius 3 is 2.76 bits per heavy atom. The topological polar surface area (TPSA) is 84.8 Å². The molecular formula is C25H23ClFN5O2. The quantitative estimate of drug-likeness (QED) is 0.420. The molecule has 4 heterocycles. The first kappa shape index (κ1) is 22.3. The zero-order valence-corrected chi connectivity index (χ0v) is 19.0. The van der Waals surface area contributed by atoms with Gasteiger partial charge >= 0.3 is 0 Å². The summed E-state index contributed by atoms with van der Waals surface area (Å²) >= 11 is 5.88. The molecule has 3 aromatic heterocycles. The van der Waals surface area contributed by atoms with E-state index in [2.05, 4.69) is 20.3 Å². The summed E-state index contributed by atoms with van der Waals surface area (Å²) < 4.78 is 21.2. The zero-order chi connectivity index (χ0) is 23.5. The van der Waals surface area contributed by atoms with Gasteiger partial charge < -0.3 is 19.6 Å². The van der Waals surface area contributed by atoms with Crippen LogP contribution < -0.4 is 10.9 Å². The van der Waals surface area contributed by atoms with Gasteiger partial charge in [0, 0.05) is 55.2 Å². The standard InChI is InChI=1S/C25H23ClFN5O2/c26-19-4-3-17(14-20(19)27)24(22-2-1-9-28-22)32-11-6-16(15-23(32)33)21-5-10-29-25(31-21)30-18-7-12-34-13-8-18/h1-6,9-11,14-15,18,24,28H,7-8,12-13H2,(H,29,30,31).